The Morgan fingerprint density at radius 1 is 0.851 bits per heavy atom. The van der Waals surface area contributed by atoms with Gasteiger partial charge in [0.2, 0.25) is 0 Å². The lowest BCUT2D eigenvalue weighted by Gasteiger charge is -2.64. The summed E-state index contributed by atoms with van der Waals surface area (Å²) in [5, 5.41) is 0. The van der Waals surface area contributed by atoms with Crippen molar-refractivity contribution in [3.8, 4) is 0 Å². The van der Waals surface area contributed by atoms with E-state index < -0.39 is 11.9 Å². The second kappa shape index (κ2) is 16.4. The molecule has 0 amide bonds. The molecule has 4 rings (SSSR count). The van der Waals surface area contributed by atoms with E-state index in [2.05, 4.69) is 62.0 Å². The summed E-state index contributed by atoms with van der Waals surface area (Å²) in [6.45, 7) is 23.8. The summed E-state index contributed by atoms with van der Waals surface area (Å²) >= 11 is 0. The maximum absolute atomic E-state index is 13.2. The first-order valence-electron chi connectivity index (χ1n) is 19.9. The third-order valence-corrected chi connectivity index (χ3v) is 13.8. The first-order valence-corrected chi connectivity index (χ1v) is 19.9. The van der Waals surface area contributed by atoms with Crippen LogP contribution in [0.3, 0.4) is 0 Å². The summed E-state index contributed by atoms with van der Waals surface area (Å²) in [4.78, 5) is 25.9. The van der Waals surface area contributed by atoms with Gasteiger partial charge in [-0.05, 0) is 123 Å². The van der Waals surface area contributed by atoms with Crippen LogP contribution in [0.25, 0.3) is 0 Å². The van der Waals surface area contributed by atoms with Crippen molar-refractivity contribution in [3.05, 3.63) is 23.8 Å². The number of allylic oxidation sites excluding steroid dienone is 1. The molecule has 1 spiro atoms. The summed E-state index contributed by atoms with van der Waals surface area (Å²) in [6.07, 6.45) is 22.7. The minimum atomic E-state index is -0.489. The minimum Gasteiger partial charge on any atom is -0.461 e. The lowest BCUT2D eigenvalue weighted by atomic mass is 9.41. The number of carbonyl (C=O) groups excluding carboxylic acids is 2. The Bertz CT molecular complexity index is 1100. The van der Waals surface area contributed by atoms with Gasteiger partial charge in [0.15, 0.2) is 0 Å². The topological polar surface area (TPSA) is 52.6 Å². The van der Waals surface area contributed by atoms with Gasteiger partial charge in [0.05, 0.1) is 0 Å². The standard InChI is InChI=1S/C43H72O4/c1-30(2)14-10-15-31(3)16-11-17-32(4)18-12-19-33(5)23-27-46-38(44)28-39(45)47-40-34(6)35-20-21-37-42(9)25-13-24-41(7,8)36(42)22-26-43(37,40)29-35/h23,30-32,35-37,40H,6,10-22,24-29H2,1-5,7-9H3/b33-23+/t31-,32-,35+,36+,37-,40+,42+,43+/m0/s1. The largest absolute Gasteiger partial charge is 0.461 e. The van der Waals surface area contributed by atoms with Crippen molar-refractivity contribution in [1.82, 2.24) is 0 Å². The summed E-state index contributed by atoms with van der Waals surface area (Å²) in [5.41, 5.74) is 2.99. The first kappa shape index (κ1) is 38.2. The van der Waals surface area contributed by atoms with Gasteiger partial charge in [0, 0.05) is 5.41 Å². The number of hydrogen-bond acceptors (Lipinski definition) is 4. The Labute approximate surface area is 289 Å². The van der Waals surface area contributed by atoms with Gasteiger partial charge in [-0.25, -0.2) is 0 Å². The van der Waals surface area contributed by atoms with Crippen molar-refractivity contribution in [2.45, 2.75) is 177 Å². The number of ether oxygens (including phenoxy) is 2. The zero-order valence-electron chi connectivity index (χ0n) is 31.9. The molecule has 0 aliphatic heterocycles. The fraction of sp³-hybridized carbons (Fsp3) is 0.860. The second-order valence-electron chi connectivity index (χ2n) is 18.4. The van der Waals surface area contributed by atoms with Gasteiger partial charge >= 0.3 is 11.9 Å². The van der Waals surface area contributed by atoms with E-state index in [-0.39, 0.29) is 30.0 Å². The predicted octanol–water partition coefficient (Wildman–Crippen LogP) is 11.8. The highest BCUT2D eigenvalue weighted by Gasteiger charge is 2.67. The zero-order valence-corrected chi connectivity index (χ0v) is 31.9. The highest BCUT2D eigenvalue weighted by atomic mass is 16.6. The van der Waals surface area contributed by atoms with Gasteiger partial charge in [-0.1, -0.05) is 112 Å². The van der Waals surface area contributed by atoms with E-state index in [1.165, 1.54) is 89.0 Å². The molecular weight excluding hydrogens is 580 g/mol. The molecule has 47 heavy (non-hydrogen) atoms. The number of hydrogen-bond donors (Lipinski definition) is 0. The van der Waals surface area contributed by atoms with Crippen LogP contribution in [0.1, 0.15) is 171 Å². The van der Waals surface area contributed by atoms with Crippen molar-refractivity contribution >= 4 is 11.9 Å². The van der Waals surface area contributed by atoms with E-state index in [1.54, 1.807) is 0 Å². The van der Waals surface area contributed by atoms with Crippen molar-refractivity contribution in [2.24, 2.45) is 51.8 Å². The van der Waals surface area contributed by atoms with Crippen LogP contribution in [0.4, 0.5) is 0 Å². The average Bonchev–Trinajstić information content (AvgIpc) is 3.16. The third kappa shape index (κ3) is 9.36. The van der Waals surface area contributed by atoms with Crippen molar-refractivity contribution in [3.63, 3.8) is 0 Å². The van der Waals surface area contributed by atoms with Crippen molar-refractivity contribution in [2.75, 3.05) is 6.61 Å². The molecule has 8 atom stereocenters. The van der Waals surface area contributed by atoms with E-state index in [4.69, 9.17) is 9.47 Å². The van der Waals surface area contributed by atoms with E-state index in [0.29, 0.717) is 17.3 Å². The zero-order chi connectivity index (χ0) is 34.4. The van der Waals surface area contributed by atoms with Gasteiger partial charge in [-0.3, -0.25) is 9.59 Å². The van der Waals surface area contributed by atoms with Crippen LogP contribution in [0.2, 0.25) is 0 Å². The van der Waals surface area contributed by atoms with Gasteiger partial charge in [0.1, 0.15) is 19.1 Å². The second-order valence-corrected chi connectivity index (χ2v) is 18.4. The first-order chi connectivity index (χ1) is 22.2. The summed E-state index contributed by atoms with van der Waals surface area (Å²) < 4.78 is 11.7. The van der Waals surface area contributed by atoms with Crippen LogP contribution in [0.15, 0.2) is 23.8 Å². The average molecular weight is 653 g/mol. The molecule has 0 aromatic carbocycles. The molecule has 4 heteroatoms. The molecule has 2 bridgehead atoms. The molecule has 0 heterocycles. The normalized spacial score (nSPS) is 32.8. The van der Waals surface area contributed by atoms with Crippen LogP contribution < -0.4 is 0 Å². The monoisotopic (exact) mass is 653 g/mol. The highest BCUT2D eigenvalue weighted by Crippen LogP contribution is 2.72. The van der Waals surface area contributed by atoms with Gasteiger partial charge in [0.25, 0.3) is 0 Å². The van der Waals surface area contributed by atoms with Gasteiger partial charge < -0.3 is 9.47 Å². The maximum atomic E-state index is 13.2. The molecule has 4 nitrogen and oxygen atoms in total. The van der Waals surface area contributed by atoms with E-state index in [1.807, 2.05) is 6.08 Å². The molecule has 0 saturated heterocycles. The van der Waals surface area contributed by atoms with Crippen LogP contribution in [-0.2, 0) is 19.1 Å². The number of fused-ring (bicyclic) bond motifs is 3. The fourth-order valence-corrected chi connectivity index (χ4v) is 11.3. The Morgan fingerprint density at radius 2 is 1.51 bits per heavy atom. The third-order valence-electron chi connectivity index (χ3n) is 13.8. The summed E-state index contributed by atoms with van der Waals surface area (Å²) in [5.74, 6) is 3.21. The van der Waals surface area contributed by atoms with Crippen LogP contribution in [-0.4, -0.2) is 24.6 Å². The molecule has 0 aromatic rings. The number of carbonyl (C=O) groups is 2. The minimum absolute atomic E-state index is 0.0127. The maximum Gasteiger partial charge on any atom is 0.317 e. The van der Waals surface area contributed by atoms with Crippen molar-refractivity contribution < 1.29 is 19.1 Å². The van der Waals surface area contributed by atoms with Gasteiger partial charge in [-0.15, -0.1) is 0 Å². The molecule has 4 saturated carbocycles. The number of rotatable bonds is 17. The Kier molecular flexibility index (Phi) is 13.4. The molecule has 0 aromatic heterocycles. The molecule has 268 valence electrons. The molecular formula is C43H72O4. The van der Waals surface area contributed by atoms with Crippen molar-refractivity contribution in [1.29, 1.82) is 0 Å². The smallest absolute Gasteiger partial charge is 0.317 e. The molecule has 4 aliphatic carbocycles. The van der Waals surface area contributed by atoms with E-state index in [0.717, 1.165) is 54.9 Å². The lowest BCUT2D eigenvalue weighted by Crippen LogP contribution is -2.58. The molecule has 0 radical (unpaired) electrons. The van der Waals surface area contributed by atoms with E-state index >= 15 is 0 Å². The number of esters is 2. The quantitative estimate of drug-likeness (QED) is 0.0891. The molecule has 0 unspecified atom stereocenters. The Balaban J connectivity index is 1.16. The highest BCUT2D eigenvalue weighted by molar-refractivity contribution is 5.91. The SMILES string of the molecule is C=C1[C@@H]2CC[C@H]3[C@]4(C)CCCC(C)(C)[C@H]4CC[C@]3(C2)[C@@H]1OC(=O)CC(=O)OC/C=C(\C)CCC[C@@H](C)CCC[C@@H](C)CCCC(C)C. The lowest BCUT2D eigenvalue weighted by molar-refractivity contribution is -0.186. The van der Waals surface area contributed by atoms with Crippen LogP contribution in [0.5, 0.6) is 0 Å². The van der Waals surface area contributed by atoms with Crippen LogP contribution >= 0.6 is 0 Å². The van der Waals surface area contributed by atoms with Gasteiger partial charge in [-0.2, -0.15) is 0 Å². The predicted molar refractivity (Wildman–Crippen MR) is 195 cm³/mol. The summed E-state index contributed by atoms with van der Waals surface area (Å²) in [6, 6.07) is 0. The van der Waals surface area contributed by atoms with Crippen LogP contribution in [0, 0.1) is 51.8 Å². The molecule has 4 fully saturated rings. The molecule has 4 aliphatic rings. The Morgan fingerprint density at radius 3 is 2.19 bits per heavy atom. The molecule has 0 N–H and O–H groups in total. The fourth-order valence-electron chi connectivity index (χ4n) is 11.3. The Hall–Kier alpha value is -1.58. The summed E-state index contributed by atoms with van der Waals surface area (Å²) in [7, 11) is 0. The van der Waals surface area contributed by atoms with E-state index in [9.17, 15) is 9.59 Å².